The van der Waals surface area contributed by atoms with Crippen molar-refractivity contribution in [1.82, 2.24) is 0 Å². The van der Waals surface area contributed by atoms with E-state index >= 15 is 0 Å². The molecule has 2 aliphatic rings. The molecule has 3 rings (SSSR count). The highest BCUT2D eigenvalue weighted by atomic mass is 16.6. The van der Waals surface area contributed by atoms with Crippen molar-refractivity contribution >= 4 is 18.1 Å². The molecule has 0 atom stereocenters. The van der Waals surface area contributed by atoms with E-state index in [1.165, 1.54) is 0 Å². The Morgan fingerprint density at radius 3 is 2.53 bits per heavy atom. The van der Waals surface area contributed by atoms with Crippen LogP contribution in [0.1, 0.15) is 25.7 Å². The zero-order chi connectivity index (χ0) is 13.3. The highest BCUT2D eigenvalue weighted by molar-refractivity contribution is 5.90. The van der Waals surface area contributed by atoms with Crippen LogP contribution < -0.4 is 4.90 Å². The van der Waals surface area contributed by atoms with Crippen LogP contribution in [0.25, 0.3) is 0 Å². The molecule has 0 bridgehead atoms. The lowest BCUT2D eigenvalue weighted by Gasteiger charge is -2.33. The summed E-state index contributed by atoms with van der Waals surface area (Å²) in [6.07, 6.45) is 3.96. The van der Waals surface area contributed by atoms with Gasteiger partial charge in [0.05, 0.1) is 6.54 Å². The third-order valence-electron chi connectivity index (χ3n) is 4.17. The number of rotatable bonds is 2. The number of carbonyl (C=O) groups excluding carboxylic acids is 2. The summed E-state index contributed by atoms with van der Waals surface area (Å²) in [5.74, 6) is 0.134. The topological polar surface area (TPSA) is 46.6 Å². The maximum absolute atomic E-state index is 12.0. The Kier molecular flexibility index (Phi) is 3.01. The molecule has 0 unspecified atom stereocenters. The second-order valence-corrected chi connectivity index (χ2v) is 5.45. The molecule has 4 nitrogen and oxygen atoms in total. The lowest BCUT2D eigenvalue weighted by molar-refractivity contribution is -0.113. The Morgan fingerprint density at radius 2 is 1.89 bits per heavy atom. The van der Waals surface area contributed by atoms with E-state index in [2.05, 4.69) is 0 Å². The van der Waals surface area contributed by atoms with E-state index < -0.39 is 0 Å². The first kappa shape index (κ1) is 12.2. The molecule has 1 heterocycles. The predicted octanol–water partition coefficient (Wildman–Crippen LogP) is 2.77. The highest BCUT2D eigenvalue weighted by Crippen LogP contribution is 2.40. The molecule has 0 radical (unpaired) electrons. The van der Waals surface area contributed by atoms with E-state index in [0.29, 0.717) is 6.54 Å². The number of carbonyl (C=O) groups is 2. The normalized spacial score (nSPS) is 30.4. The van der Waals surface area contributed by atoms with E-state index in [1.54, 1.807) is 4.90 Å². The third kappa shape index (κ3) is 2.23. The number of benzene rings is 1. The third-order valence-corrected chi connectivity index (χ3v) is 4.17. The van der Waals surface area contributed by atoms with Gasteiger partial charge in [0, 0.05) is 11.6 Å². The number of nitrogens with zero attached hydrogens (tertiary/aromatic N) is 1. The molecule has 1 saturated heterocycles. The van der Waals surface area contributed by atoms with Gasteiger partial charge in [0.1, 0.15) is 11.9 Å². The first-order valence-corrected chi connectivity index (χ1v) is 6.73. The summed E-state index contributed by atoms with van der Waals surface area (Å²) in [5, 5.41) is 0. The second kappa shape index (κ2) is 4.68. The van der Waals surface area contributed by atoms with E-state index in [0.717, 1.165) is 37.7 Å². The van der Waals surface area contributed by atoms with E-state index in [-0.39, 0.29) is 17.6 Å². The minimum Gasteiger partial charge on any atom is -0.441 e. The van der Waals surface area contributed by atoms with Gasteiger partial charge >= 0.3 is 6.09 Å². The van der Waals surface area contributed by atoms with Gasteiger partial charge in [-0.2, -0.15) is 0 Å². The number of hydrogen-bond donors (Lipinski definition) is 0. The molecule has 1 aromatic rings. The number of hydrogen-bond acceptors (Lipinski definition) is 3. The molecular weight excluding hydrogens is 242 g/mol. The summed E-state index contributed by atoms with van der Waals surface area (Å²) in [4.78, 5) is 24.5. The molecule has 4 heteroatoms. The van der Waals surface area contributed by atoms with Crippen molar-refractivity contribution in [3.63, 3.8) is 0 Å². The van der Waals surface area contributed by atoms with Crippen LogP contribution >= 0.6 is 0 Å². The van der Waals surface area contributed by atoms with Crippen LogP contribution in [0.2, 0.25) is 0 Å². The molecular formula is C15H17NO3. The summed E-state index contributed by atoms with van der Waals surface area (Å²) in [5.41, 5.74) is 0.494. The largest absolute Gasteiger partial charge is 0.441 e. The fourth-order valence-electron chi connectivity index (χ4n) is 2.99. The van der Waals surface area contributed by atoms with Crippen LogP contribution in [-0.2, 0) is 9.53 Å². The van der Waals surface area contributed by atoms with E-state index in [4.69, 9.17) is 4.74 Å². The van der Waals surface area contributed by atoms with Crippen LogP contribution in [0, 0.1) is 5.92 Å². The fraction of sp³-hybridized carbons (Fsp3) is 0.467. The molecule has 0 aromatic heterocycles. The highest BCUT2D eigenvalue weighted by Gasteiger charge is 2.47. The maximum Gasteiger partial charge on any atom is 0.415 e. The smallest absolute Gasteiger partial charge is 0.415 e. The monoisotopic (exact) mass is 259 g/mol. The molecule has 19 heavy (non-hydrogen) atoms. The molecule has 0 N–H and O–H groups in total. The molecule has 2 fully saturated rings. The molecule has 1 amide bonds. The van der Waals surface area contributed by atoms with Gasteiger partial charge in [0.15, 0.2) is 0 Å². The van der Waals surface area contributed by atoms with Crippen LogP contribution in [-0.4, -0.2) is 24.5 Å². The standard InChI is InChI=1S/C15H17NO3/c17-10-12-6-8-15(9-7-12)11-16(14(18)19-15)13-4-2-1-3-5-13/h1-5,10,12H,6-9,11H2/t12-,15+. The minimum absolute atomic E-state index is 0.134. The van der Waals surface area contributed by atoms with Crippen molar-refractivity contribution < 1.29 is 14.3 Å². The van der Waals surface area contributed by atoms with Crippen molar-refractivity contribution in [2.45, 2.75) is 31.3 Å². The number of para-hydroxylation sites is 1. The van der Waals surface area contributed by atoms with E-state index in [1.807, 2.05) is 30.3 Å². The lowest BCUT2D eigenvalue weighted by Crippen LogP contribution is -2.38. The maximum atomic E-state index is 12.0. The lowest BCUT2D eigenvalue weighted by atomic mass is 9.79. The summed E-state index contributed by atoms with van der Waals surface area (Å²) >= 11 is 0. The van der Waals surface area contributed by atoms with Crippen molar-refractivity contribution in [1.29, 1.82) is 0 Å². The van der Waals surface area contributed by atoms with Gasteiger partial charge in [-0.05, 0) is 37.8 Å². The Morgan fingerprint density at radius 1 is 1.21 bits per heavy atom. The van der Waals surface area contributed by atoms with Crippen molar-refractivity contribution in [3.05, 3.63) is 30.3 Å². The first-order chi connectivity index (χ1) is 9.22. The molecule has 1 saturated carbocycles. The molecule has 1 aromatic carbocycles. The Hall–Kier alpha value is -1.84. The predicted molar refractivity (Wildman–Crippen MR) is 71.0 cm³/mol. The summed E-state index contributed by atoms with van der Waals surface area (Å²) in [6, 6.07) is 9.58. The summed E-state index contributed by atoms with van der Waals surface area (Å²) in [6.45, 7) is 0.599. The molecule has 1 aliphatic carbocycles. The average molecular weight is 259 g/mol. The SMILES string of the molecule is O=C[C@H]1CC[C@@]2(CC1)CN(c1ccccc1)C(=O)O2. The number of amides is 1. The van der Waals surface area contributed by atoms with Gasteiger partial charge in [-0.25, -0.2) is 4.79 Å². The molecule has 1 aliphatic heterocycles. The number of aldehydes is 1. The van der Waals surface area contributed by atoms with Crippen molar-refractivity contribution in [3.8, 4) is 0 Å². The van der Waals surface area contributed by atoms with Gasteiger partial charge in [-0.15, -0.1) is 0 Å². The number of anilines is 1. The summed E-state index contributed by atoms with van der Waals surface area (Å²) < 4.78 is 5.62. The molecule has 1 spiro atoms. The van der Waals surface area contributed by atoms with Crippen LogP contribution in [0.15, 0.2) is 30.3 Å². The first-order valence-electron chi connectivity index (χ1n) is 6.73. The quantitative estimate of drug-likeness (QED) is 0.767. The minimum atomic E-state index is -0.383. The Bertz CT molecular complexity index is 477. The Labute approximate surface area is 112 Å². The average Bonchev–Trinajstić information content (AvgIpc) is 2.77. The summed E-state index contributed by atoms with van der Waals surface area (Å²) in [7, 11) is 0. The zero-order valence-corrected chi connectivity index (χ0v) is 10.7. The van der Waals surface area contributed by atoms with Gasteiger partial charge in [-0.3, -0.25) is 4.90 Å². The van der Waals surface area contributed by atoms with Crippen molar-refractivity contribution in [2.75, 3.05) is 11.4 Å². The fourth-order valence-corrected chi connectivity index (χ4v) is 2.99. The van der Waals surface area contributed by atoms with Crippen LogP contribution in [0.5, 0.6) is 0 Å². The Balaban J connectivity index is 1.75. The van der Waals surface area contributed by atoms with Crippen molar-refractivity contribution in [2.24, 2.45) is 5.92 Å². The van der Waals surface area contributed by atoms with Crippen LogP contribution in [0.4, 0.5) is 10.5 Å². The molecule has 100 valence electrons. The van der Waals surface area contributed by atoms with Gasteiger partial charge < -0.3 is 9.53 Å². The van der Waals surface area contributed by atoms with Gasteiger partial charge in [-0.1, -0.05) is 18.2 Å². The second-order valence-electron chi connectivity index (χ2n) is 5.45. The van der Waals surface area contributed by atoms with Crippen LogP contribution in [0.3, 0.4) is 0 Å². The van der Waals surface area contributed by atoms with Gasteiger partial charge in [0.25, 0.3) is 0 Å². The van der Waals surface area contributed by atoms with Gasteiger partial charge in [0.2, 0.25) is 0 Å². The number of ether oxygens (including phenoxy) is 1. The van der Waals surface area contributed by atoms with E-state index in [9.17, 15) is 9.59 Å². The zero-order valence-electron chi connectivity index (χ0n) is 10.7.